The van der Waals surface area contributed by atoms with E-state index in [0.717, 1.165) is 0 Å². The molecule has 1 aliphatic heterocycles. The first kappa shape index (κ1) is 17.1. The van der Waals surface area contributed by atoms with Crippen LogP contribution in [0.4, 0.5) is 0 Å². The molecule has 9 heteroatoms. The molecule has 0 aliphatic carbocycles. The van der Waals surface area contributed by atoms with Crippen LogP contribution >= 0.6 is 0 Å². The summed E-state index contributed by atoms with van der Waals surface area (Å²) in [6.45, 7) is 2.67. The van der Waals surface area contributed by atoms with E-state index in [9.17, 15) is 9.59 Å². The fraction of sp³-hybridized carbons (Fsp3) is 0.562. The maximum Gasteiger partial charge on any atom is 0.250 e. The van der Waals surface area contributed by atoms with E-state index in [1.807, 2.05) is 0 Å². The normalized spacial score (nSPS) is 16.7. The van der Waals surface area contributed by atoms with E-state index in [0.29, 0.717) is 37.6 Å². The van der Waals surface area contributed by atoms with Gasteiger partial charge in [0.2, 0.25) is 17.7 Å². The number of hydrogen-bond acceptors (Lipinski definition) is 6. The van der Waals surface area contributed by atoms with Crippen LogP contribution in [-0.2, 0) is 21.5 Å². The highest BCUT2D eigenvalue weighted by Gasteiger charge is 2.45. The highest BCUT2D eigenvalue weighted by molar-refractivity contribution is 5.85. The summed E-state index contributed by atoms with van der Waals surface area (Å²) < 4.78 is 6.73. The minimum atomic E-state index is -0.745. The number of aromatic nitrogens is 4. The van der Waals surface area contributed by atoms with Crippen molar-refractivity contribution in [3.05, 3.63) is 30.2 Å². The summed E-state index contributed by atoms with van der Waals surface area (Å²) in [6.07, 6.45) is 4.58. The van der Waals surface area contributed by atoms with Crippen molar-refractivity contribution < 1.29 is 14.1 Å². The van der Waals surface area contributed by atoms with Crippen molar-refractivity contribution in [2.24, 2.45) is 0 Å². The first-order chi connectivity index (χ1) is 11.9. The van der Waals surface area contributed by atoms with Crippen LogP contribution in [0.3, 0.4) is 0 Å². The highest BCUT2D eigenvalue weighted by Crippen LogP contribution is 2.31. The van der Waals surface area contributed by atoms with Crippen molar-refractivity contribution in [2.75, 3.05) is 27.2 Å². The summed E-state index contributed by atoms with van der Waals surface area (Å²) >= 11 is 0. The van der Waals surface area contributed by atoms with Gasteiger partial charge in [0.25, 0.3) is 0 Å². The number of carbonyl (C=O) groups is 2. The van der Waals surface area contributed by atoms with E-state index in [4.69, 9.17) is 4.52 Å². The third kappa shape index (κ3) is 3.26. The lowest BCUT2D eigenvalue weighted by molar-refractivity contribution is -0.145. The molecule has 0 unspecified atom stereocenters. The molecule has 134 valence electrons. The molecule has 0 atom stereocenters. The highest BCUT2D eigenvalue weighted by atomic mass is 16.5. The number of nitrogens with zero attached hydrogens (tertiary/aromatic N) is 6. The molecule has 3 rings (SSSR count). The number of hydrogen-bond donors (Lipinski definition) is 0. The molecule has 0 radical (unpaired) electrons. The molecular weight excluding hydrogens is 324 g/mol. The Labute approximate surface area is 145 Å². The van der Waals surface area contributed by atoms with E-state index in [2.05, 4.69) is 15.2 Å². The number of aryl methyl sites for hydroxylation is 1. The molecule has 1 fully saturated rings. The van der Waals surface area contributed by atoms with Gasteiger partial charge < -0.3 is 14.3 Å². The monoisotopic (exact) mass is 346 g/mol. The smallest absolute Gasteiger partial charge is 0.250 e. The zero-order valence-electron chi connectivity index (χ0n) is 14.7. The largest absolute Gasteiger partial charge is 0.347 e. The van der Waals surface area contributed by atoms with Gasteiger partial charge in [-0.3, -0.25) is 14.3 Å². The molecule has 0 aromatic carbocycles. The molecule has 2 amide bonds. The van der Waals surface area contributed by atoms with Gasteiger partial charge in [0, 0.05) is 39.6 Å². The summed E-state index contributed by atoms with van der Waals surface area (Å²) in [5.41, 5.74) is -0.745. The van der Waals surface area contributed by atoms with Crippen LogP contribution in [0.25, 0.3) is 0 Å². The lowest BCUT2D eigenvalue weighted by atomic mass is 9.86. The molecule has 2 aromatic rings. The molecule has 3 heterocycles. The second-order valence-electron chi connectivity index (χ2n) is 6.47. The predicted molar refractivity (Wildman–Crippen MR) is 87.4 cm³/mol. The number of likely N-dealkylation sites (tertiary alicyclic amines) is 1. The summed E-state index contributed by atoms with van der Waals surface area (Å²) in [5, 5.41) is 7.98. The first-order valence-corrected chi connectivity index (χ1v) is 8.21. The van der Waals surface area contributed by atoms with Gasteiger partial charge in [-0.15, -0.1) is 0 Å². The van der Waals surface area contributed by atoms with Gasteiger partial charge >= 0.3 is 0 Å². The molecule has 2 aromatic heterocycles. The number of amides is 2. The van der Waals surface area contributed by atoms with Gasteiger partial charge in [-0.2, -0.15) is 10.1 Å². The Morgan fingerprint density at radius 3 is 2.56 bits per heavy atom. The van der Waals surface area contributed by atoms with E-state index in [-0.39, 0.29) is 18.2 Å². The Balaban J connectivity index is 1.71. The van der Waals surface area contributed by atoms with Crippen LogP contribution in [-0.4, -0.2) is 68.7 Å². The number of piperidine rings is 1. The zero-order valence-corrected chi connectivity index (χ0v) is 14.7. The van der Waals surface area contributed by atoms with Crippen LogP contribution in [0.2, 0.25) is 0 Å². The van der Waals surface area contributed by atoms with Crippen molar-refractivity contribution >= 4 is 11.8 Å². The minimum Gasteiger partial charge on any atom is -0.347 e. The van der Waals surface area contributed by atoms with E-state index in [1.54, 1.807) is 54.0 Å². The third-order valence-electron chi connectivity index (χ3n) is 4.56. The molecule has 0 N–H and O–H groups in total. The molecule has 0 bridgehead atoms. The summed E-state index contributed by atoms with van der Waals surface area (Å²) in [4.78, 5) is 32.7. The standard InChI is InChI=1S/C16H22N6O3/c1-12-18-13(25-19-12)11-14(23)21-9-5-16(6-10-21,15(24)20(2)3)22-8-4-7-17-22/h4,7-8H,5-6,9-11H2,1-3H3. The Kier molecular flexibility index (Phi) is 4.56. The molecule has 1 saturated heterocycles. The van der Waals surface area contributed by atoms with Crippen LogP contribution < -0.4 is 0 Å². The predicted octanol–water partition coefficient (Wildman–Crippen LogP) is 0.223. The lowest BCUT2D eigenvalue weighted by Gasteiger charge is -2.41. The Hall–Kier alpha value is -2.71. The van der Waals surface area contributed by atoms with Gasteiger partial charge in [0.1, 0.15) is 12.0 Å². The quantitative estimate of drug-likeness (QED) is 0.786. The SMILES string of the molecule is Cc1noc(CC(=O)N2CCC(C(=O)N(C)C)(n3cccn3)CC2)n1. The van der Waals surface area contributed by atoms with Crippen LogP contribution in [0, 0.1) is 6.92 Å². The minimum absolute atomic E-state index is 0.00387. The van der Waals surface area contributed by atoms with Crippen LogP contribution in [0.15, 0.2) is 23.0 Å². The van der Waals surface area contributed by atoms with E-state index < -0.39 is 5.54 Å². The number of rotatable bonds is 4. The van der Waals surface area contributed by atoms with E-state index in [1.165, 1.54) is 0 Å². The van der Waals surface area contributed by atoms with Gasteiger partial charge in [-0.1, -0.05) is 5.16 Å². The van der Waals surface area contributed by atoms with Crippen molar-refractivity contribution in [1.29, 1.82) is 0 Å². The second-order valence-corrected chi connectivity index (χ2v) is 6.47. The average Bonchev–Trinajstić information content (AvgIpc) is 3.26. The summed E-state index contributed by atoms with van der Waals surface area (Å²) in [6, 6.07) is 1.81. The van der Waals surface area contributed by atoms with E-state index >= 15 is 0 Å². The van der Waals surface area contributed by atoms with Crippen LogP contribution in [0.5, 0.6) is 0 Å². The summed E-state index contributed by atoms with van der Waals surface area (Å²) in [7, 11) is 3.48. The molecule has 25 heavy (non-hydrogen) atoms. The fourth-order valence-corrected chi connectivity index (χ4v) is 3.26. The van der Waals surface area contributed by atoms with Gasteiger partial charge in [0.15, 0.2) is 5.82 Å². The number of likely N-dealkylation sites (N-methyl/N-ethyl adjacent to an activating group) is 1. The fourth-order valence-electron chi connectivity index (χ4n) is 3.26. The average molecular weight is 346 g/mol. The molecular formula is C16H22N6O3. The first-order valence-electron chi connectivity index (χ1n) is 8.21. The molecule has 0 saturated carbocycles. The van der Waals surface area contributed by atoms with Gasteiger partial charge in [-0.25, -0.2) is 0 Å². The maximum atomic E-state index is 12.8. The molecule has 0 spiro atoms. The topological polar surface area (TPSA) is 97.4 Å². The Morgan fingerprint density at radius 1 is 1.32 bits per heavy atom. The maximum absolute atomic E-state index is 12.8. The van der Waals surface area contributed by atoms with Gasteiger partial charge in [0.05, 0.1) is 0 Å². The van der Waals surface area contributed by atoms with Crippen LogP contribution in [0.1, 0.15) is 24.6 Å². The van der Waals surface area contributed by atoms with Gasteiger partial charge in [-0.05, 0) is 25.8 Å². The zero-order chi connectivity index (χ0) is 18.0. The molecule has 1 aliphatic rings. The summed E-state index contributed by atoms with van der Waals surface area (Å²) in [5.74, 6) is 0.748. The van der Waals surface area contributed by atoms with Crippen molar-refractivity contribution in [3.63, 3.8) is 0 Å². The van der Waals surface area contributed by atoms with Crippen molar-refractivity contribution in [3.8, 4) is 0 Å². The lowest BCUT2D eigenvalue weighted by Crippen LogP contribution is -2.56. The third-order valence-corrected chi connectivity index (χ3v) is 4.56. The van der Waals surface area contributed by atoms with Crippen molar-refractivity contribution in [1.82, 2.24) is 29.7 Å². The van der Waals surface area contributed by atoms with Crippen molar-refractivity contribution in [2.45, 2.75) is 31.7 Å². The molecule has 9 nitrogen and oxygen atoms in total. The second kappa shape index (κ2) is 6.66. The Morgan fingerprint density at radius 2 is 2.04 bits per heavy atom. The number of carbonyl (C=O) groups excluding carboxylic acids is 2. The Bertz CT molecular complexity index is 744.